The Bertz CT molecular complexity index is 1040. The summed E-state index contributed by atoms with van der Waals surface area (Å²) in [6, 6.07) is 14.7. The van der Waals surface area contributed by atoms with Crippen LogP contribution < -0.4 is 5.32 Å². The molecule has 3 N–H and O–H groups in total. The predicted octanol–water partition coefficient (Wildman–Crippen LogP) is 3.52. The first-order chi connectivity index (χ1) is 16.9. The SMILES string of the molecule is CCCC[C@@H](CC(=O)N1C[C@H](O)C[C@@H]1C(=O)O)NC(=O)OCC1c2ccccc2-c2ccccc21. The van der Waals surface area contributed by atoms with E-state index >= 15 is 0 Å². The highest BCUT2D eigenvalue weighted by atomic mass is 16.5. The molecule has 1 fully saturated rings. The molecule has 0 unspecified atom stereocenters. The second kappa shape index (κ2) is 10.9. The van der Waals surface area contributed by atoms with E-state index in [4.69, 9.17) is 4.74 Å². The Labute approximate surface area is 204 Å². The monoisotopic (exact) mass is 480 g/mol. The number of carbonyl (C=O) groups is 3. The van der Waals surface area contributed by atoms with Crippen LogP contribution in [-0.2, 0) is 14.3 Å². The molecule has 1 aliphatic carbocycles. The van der Waals surface area contributed by atoms with E-state index in [0.717, 1.165) is 35.1 Å². The number of aliphatic hydroxyl groups excluding tert-OH is 1. The summed E-state index contributed by atoms with van der Waals surface area (Å²) in [5, 5.41) is 22.1. The number of alkyl carbamates (subject to hydrolysis) is 1. The number of rotatable bonds is 9. The summed E-state index contributed by atoms with van der Waals surface area (Å²) < 4.78 is 5.62. The van der Waals surface area contributed by atoms with E-state index in [0.29, 0.717) is 6.42 Å². The zero-order chi connectivity index (χ0) is 24.9. The summed E-state index contributed by atoms with van der Waals surface area (Å²) in [4.78, 5) is 38.3. The van der Waals surface area contributed by atoms with Crippen molar-refractivity contribution in [1.29, 1.82) is 0 Å². The minimum absolute atomic E-state index is 0.0127. The fourth-order valence-corrected chi connectivity index (χ4v) is 5.13. The molecule has 8 heteroatoms. The number of amides is 2. The zero-order valence-electron chi connectivity index (χ0n) is 19.9. The van der Waals surface area contributed by atoms with Gasteiger partial charge in [-0.2, -0.15) is 0 Å². The maximum Gasteiger partial charge on any atom is 0.407 e. The molecule has 8 nitrogen and oxygen atoms in total. The molecule has 1 aliphatic heterocycles. The van der Waals surface area contributed by atoms with Crippen LogP contribution in [0.5, 0.6) is 0 Å². The van der Waals surface area contributed by atoms with Crippen molar-refractivity contribution < 1.29 is 29.3 Å². The third-order valence-electron chi connectivity index (χ3n) is 6.88. The van der Waals surface area contributed by atoms with Gasteiger partial charge in [0.05, 0.1) is 6.10 Å². The minimum Gasteiger partial charge on any atom is -0.480 e. The molecule has 0 saturated carbocycles. The lowest BCUT2D eigenvalue weighted by Gasteiger charge is -2.25. The van der Waals surface area contributed by atoms with Gasteiger partial charge in [0.2, 0.25) is 5.91 Å². The molecule has 186 valence electrons. The number of benzene rings is 2. The Morgan fingerprint density at radius 2 is 1.71 bits per heavy atom. The third kappa shape index (κ3) is 5.48. The summed E-state index contributed by atoms with van der Waals surface area (Å²) in [6.07, 6.45) is 0.771. The number of likely N-dealkylation sites (tertiary alicyclic amines) is 1. The van der Waals surface area contributed by atoms with E-state index in [1.807, 2.05) is 43.3 Å². The molecule has 4 rings (SSSR count). The van der Waals surface area contributed by atoms with Gasteiger partial charge in [-0.15, -0.1) is 0 Å². The summed E-state index contributed by atoms with van der Waals surface area (Å²) in [5.74, 6) is -1.59. The molecule has 2 aliphatic rings. The number of carbonyl (C=O) groups excluding carboxylic acids is 2. The number of carboxylic acids is 1. The Kier molecular flexibility index (Phi) is 7.70. The zero-order valence-corrected chi connectivity index (χ0v) is 19.9. The van der Waals surface area contributed by atoms with E-state index < -0.39 is 36.2 Å². The summed E-state index contributed by atoms with van der Waals surface area (Å²) >= 11 is 0. The Balaban J connectivity index is 1.39. The molecule has 2 aromatic carbocycles. The molecule has 2 amide bonds. The summed E-state index contributed by atoms with van der Waals surface area (Å²) in [5.41, 5.74) is 4.52. The number of nitrogens with zero attached hydrogens (tertiary/aromatic N) is 1. The van der Waals surface area contributed by atoms with E-state index in [9.17, 15) is 24.6 Å². The first-order valence-corrected chi connectivity index (χ1v) is 12.2. The van der Waals surface area contributed by atoms with Crippen molar-refractivity contribution in [3.63, 3.8) is 0 Å². The van der Waals surface area contributed by atoms with Gasteiger partial charge >= 0.3 is 12.1 Å². The number of hydrogen-bond donors (Lipinski definition) is 3. The molecule has 0 aromatic heterocycles. The van der Waals surface area contributed by atoms with Crippen molar-refractivity contribution in [2.24, 2.45) is 0 Å². The second-order valence-electron chi connectivity index (χ2n) is 9.30. The van der Waals surface area contributed by atoms with Crippen molar-refractivity contribution >= 4 is 18.0 Å². The van der Waals surface area contributed by atoms with E-state index in [-0.39, 0.29) is 31.9 Å². The van der Waals surface area contributed by atoms with Crippen molar-refractivity contribution in [2.45, 2.75) is 63.1 Å². The van der Waals surface area contributed by atoms with Gasteiger partial charge in [-0.3, -0.25) is 4.79 Å². The summed E-state index contributed by atoms with van der Waals surface area (Å²) in [7, 11) is 0. The third-order valence-corrected chi connectivity index (χ3v) is 6.88. The molecule has 35 heavy (non-hydrogen) atoms. The van der Waals surface area contributed by atoms with Gasteiger partial charge in [-0.25, -0.2) is 9.59 Å². The average molecular weight is 481 g/mol. The minimum atomic E-state index is -1.13. The van der Waals surface area contributed by atoms with Gasteiger partial charge in [-0.1, -0.05) is 68.3 Å². The topological polar surface area (TPSA) is 116 Å². The number of hydrogen-bond acceptors (Lipinski definition) is 5. The number of aliphatic carboxylic acids is 1. The Morgan fingerprint density at radius 1 is 1.09 bits per heavy atom. The van der Waals surface area contributed by atoms with Crippen LogP contribution in [0.4, 0.5) is 4.79 Å². The number of β-amino-alcohol motifs (C(OH)–C–C–N with tert-alkyl or cyclic N) is 1. The first-order valence-electron chi connectivity index (χ1n) is 12.2. The van der Waals surface area contributed by atoms with Crippen LogP contribution in [0.3, 0.4) is 0 Å². The number of fused-ring (bicyclic) bond motifs is 3. The van der Waals surface area contributed by atoms with Gasteiger partial charge < -0.3 is 25.2 Å². The van der Waals surface area contributed by atoms with Gasteiger partial charge in [-0.05, 0) is 28.7 Å². The van der Waals surface area contributed by atoms with Crippen LogP contribution in [0.1, 0.15) is 56.1 Å². The molecular weight excluding hydrogens is 448 g/mol. The Hall–Kier alpha value is -3.39. The second-order valence-corrected chi connectivity index (χ2v) is 9.30. The number of ether oxygens (including phenoxy) is 1. The maximum absolute atomic E-state index is 12.9. The van der Waals surface area contributed by atoms with Gasteiger partial charge in [0, 0.05) is 31.3 Å². The summed E-state index contributed by atoms with van der Waals surface area (Å²) in [6.45, 7) is 2.18. The molecule has 2 aromatic rings. The van der Waals surface area contributed by atoms with Crippen LogP contribution in [-0.4, -0.2) is 64.4 Å². The van der Waals surface area contributed by atoms with E-state index in [1.165, 1.54) is 4.90 Å². The molecule has 0 spiro atoms. The van der Waals surface area contributed by atoms with E-state index in [1.54, 1.807) is 0 Å². The first kappa shape index (κ1) is 24.7. The van der Waals surface area contributed by atoms with Crippen LogP contribution in [0.15, 0.2) is 48.5 Å². The lowest BCUT2D eigenvalue weighted by atomic mass is 9.98. The smallest absolute Gasteiger partial charge is 0.407 e. The molecule has 0 bridgehead atoms. The lowest BCUT2D eigenvalue weighted by molar-refractivity contribution is -0.148. The van der Waals surface area contributed by atoms with Crippen molar-refractivity contribution in [3.05, 3.63) is 59.7 Å². The Morgan fingerprint density at radius 3 is 2.31 bits per heavy atom. The molecule has 1 saturated heterocycles. The van der Waals surface area contributed by atoms with Crippen molar-refractivity contribution in [1.82, 2.24) is 10.2 Å². The average Bonchev–Trinajstić information content (AvgIpc) is 3.39. The van der Waals surface area contributed by atoms with E-state index in [2.05, 4.69) is 17.4 Å². The van der Waals surface area contributed by atoms with Crippen LogP contribution in [0.2, 0.25) is 0 Å². The molecular formula is C27H32N2O6. The number of nitrogens with one attached hydrogen (secondary N) is 1. The van der Waals surface area contributed by atoms with Crippen LogP contribution in [0.25, 0.3) is 11.1 Å². The lowest BCUT2D eigenvalue weighted by Crippen LogP contribution is -2.45. The predicted molar refractivity (Wildman–Crippen MR) is 130 cm³/mol. The molecule has 3 atom stereocenters. The van der Waals surface area contributed by atoms with Gasteiger partial charge in [0.25, 0.3) is 0 Å². The fourth-order valence-electron chi connectivity index (χ4n) is 5.13. The highest BCUT2D eigenvalue weighted by Gasteiger charge is 2.39. The van der Waals surface area contributed by atoms with Gasteiger partial charge in [0.1, 0.15) is 12.6 Å². The number of carboxylic acid groups (broad SMARTS) is 1. The number of aliphatic hydroxyl groups is 1. The van der Waals surface area contributed by atoms with Gasteiger partial charge in [0.15, 0.2) is 0 Å². The highest BCUT2D eigenvalue weighted by Crippen LogP contribution is 2.44. The van der Waals surface area contributed by atoms with Crippen LogP contribution in [0, 0.1) is 0 Å². The maximum atomic E-state index is 12.9. The quantitative estimate of drug-likeness (QED) is 0.506. The largest absolute Gasteiger partial charge is 0.480 e. The molecule has 0 radical (unpaired) electrons. The molecule has 1 heterocycles. The fraction of sp³-hybridized carbons (Fsp3) is 0.444. The standard InChI is InChI=1S/C27H32N2O6/c1-2-3-8-17(13-25(31)29-15-18(30)14-24(29)26(32)33)28-27(34)35-16-23-21-11-6-4-9-19(21)20-10-5-7-12-22(20)23/h4-7,9-12,17-18,23-24,30H,2-3,8,13-16H2,1H3,(H,28,34)(H,32,33)/t17-,18+,24+/m0/s1. The highest BCUT2D eigenvalue weighted by molar-refractivity contribution is 5.85. The number of unbranched alkanes of at least 4 members (excludes halogenated alkanes) is 1. The normalized spacial score (nSPS) is 19.7. The van der Waals surface area contributed by atoms with Crippen molar-refractivity contribution in [3.8, 4) is 11.1 Å². The van der Waals surface area contributed by atoms with Crippen molar-refractivity contribution in [2.75, 3.05) is 13.2 Å². The van der Waals surface area contributed by atoms with Crippen LogP contribution >= 0.6 is 0 Å².